The fourth-order valence-corrected chi connectivity index (χ4v) is 1.72. The highest BCUT2D eigenvalue weighted by Crippen LogP contribution is 2.20. The van der Waals surface area contributed by atoms with E-state index in [0.29, 0.717) is 12.8 Å². The molecule has 0 saturated heterocycles. The third-order valence-corrected chi connectivity index (χ3v) is 2.79. The summed E-state index contributed by atoms with van der Waals surface area (Å²) in [6.45, 7) is 7.41. The molecule has 5 nitrogen and oxygen atoms in total. The smallest absolute Gasteiger partial charge is 0.326 e. The van der Waals surface area contributed by atoms with Crippen molar-refractivity contribution in [1.29, 1.82) is 0 Å². The van der Waals surface area contributed by atoms with Crippen molar-refractivity contribution in [3.8, 4) is 0 Å². The fraction of sp³-hybridized carbons (Fsp3) is 0.429. The van der Waals surface area contributed by atoms with Gasteiger partial charge in [-0.05, 0) is 24.8 Å². The fourth-order valence-electron chi connectivity index (χ4n) is 1.72. The maximum Gasteiger partial charge on any atom is 0.326 e. The minimum Gasteiger partial charge on any atom is -0.480 e. The zero-order chi connectivity index (χ0) is 14.4. The second-order valence-electron chi connectivity index (χ2n) is 4.59. The monoisotopic (exact) mass is 265 g/mol. The molecule has 1 amide bonds. The largest absolute Gasteiger partial charge is 0.480 e. The molecule has 0 aliphatic carbocycles. The molecule has 1 heterocycles. The number of carbonyl (C=O) groups is 2. The lowest BCUT2D eigenvalue weighted by Gasteiger charge is -2.13. The lowest BCUT2D eigenvalue weighted by atomic mass is 10.0. The zero-order valence-corrected chi connectivity index (χ0v) is 11.2. The summed E-state index contributed by atoms with van der Waals surface area (Å²) in [5.41, 5.74) is 0.769. The van der Waals surface area contributed by atoms with Crippen molar-refractivity contribution in [3.63, 3.8) is 0 Å². The number of nitrogens with one attached hydrogen (secondary N) is 1. The van der Waals surface area contributed by atoms with Crippen molar-refractivity contribution in [2.45, 2.75) is 38.6 Å². The van der Waals surface area contributed by atoms with E-state index in [0.717, 1.165) is 5.56 Å². The minimum absolute atomic E-state index is 0.135. The number of carboxylic acid groups (broad SMARTS) is 1. The Bertz CT molecular complexity index is 462. The Balaban J connectivity index is 2.78. The van der Waals surface area contributed by atoms with Gasteiger partial charge in [-0.1, -0.05) is 19.9 Å². The molecule has 19 heavy (non-hydrogen) atoms. The van der Waals surface area contributed by atoms with Crippen LogP contribution in [0.15, 0.2) is 29.4 Å². The van der Waals surface area contributed by atoms with E-state index >= 15 is 0 Å². The van der Waals surface area contributed by atoms with Crippen LogP contribution in [0.2, 0.25) is 0 Å². The van der Waals surface area contributed by atoms with E-state index in [4.69, 9.17) is 9.52 Å². The summed E-state index contributed by atoms with van der Waals surface area (Å²) >= 11 is 0. The Morgan fingerprint density at radius 2 is 2.21 bits per heavy atom. The molecule has 1 atom stereocenters. The predicted octanol–water partition coefficient (Wildman–Crippen LogP) is 2.55. The topological polar surface area (TPSA) is 79.5 Å². The van der Waals surface area contributed by atoms with Crippen LogP contribution in [0.25, 0.3) is 0 Å². The first-order chi connectivity index (χ1) is 8.97. The number of hydrogen-bond donors (Lipinski definition) is 2. The molecular weight excluding hydrogens is 246 g/mol. The van der Waals surface area contributed by atoms with Gasteiger partial charge < -0.3 is 14.8 Å². The average Bonchev–Trinajstić information content (AvgIpc) is 2.83. The zero-order valence-electron chi connectivity index (χ0n) is 11.2. The first kappa shape index (κ1) is 15.0. The van der Waals surface area contributed by atoms with Crippen LogP contribution in [0.4, 0.5) is 0 Å². The Kier molecular flexibility index (Phi) is 5.36. The molecule has 0 aliphatic rings. The second-order valence-corrected chi connectivity index (χ2v) is 4.59. The summed E-state index contributed by atoms with van der Waals surface area (Å²) in [6.07, 6.45) is 3.88. The molecule has 0 radical (unpaired) electrons. The molecule has 0 spiro atoms. The van der Waals surface area contributed by atoms with Crippen molar-refractivity contribution in [1.82, 2.24) is 5.32 Å². The van der Waals surface area contributed by atoms with Gasteiger partial charge in [-0.25, -0.2) is 4.79 Å². The van der Waals surface area contributed by atoms with Gasteiger partial charge >= 0.3 is 5.97 Å². The van der Waals surface area contributed by atoms with E-state index in [1.54, 1.807) is 12.1 Å². The number of amides is 1. The Morgan fingerprint density at radius 3 is 2.74 bits per heavy atom. The van der Waals surface area contributed by atoms with E-state index in [-0.39, 0.29) is 11.7 Å². The van der Waals surface area contributed by atoms with E-state index in [9.17, 15) is 9.59 Å². The third-order valence-electron chi connectivity index (χ3n) is 2.79. The van der Waals surface area contributed by atoms with Crippen LogP contribution in [0.1, 0.15) is 48.7 Å². The van der Waals surface area contributed by atoms with E-state index in [1.807, 2.05) is 13.8 Å². The molecule has 0 aliphatic heterocycles. The Labute approximate surface area is 112 Å². The summed E-state index contributed by atoms with van der Waals surface area (Å²) in [6, 6.07) is 0.787. The number of carbonyl (C=O) groups excluding carboxylic acids is 1. The van der Waals surface area contributed by atoms with Crippen LogP contribution in [0.3, 0.4) is 0 Å². The van der Waals surface area contributed by atoms with Gasteiger partial charge in [0.25, 0.3) is 5.91 Å². The number of furan rings is 1. The van der Waals surface area contributed by atoms with Gasteiger partial charge in [0.05, 0.1) is 6.26 Å². The SMILES string of the molecule is C=CCCC(NC(=O)c1occc1C(C)C)C(=O)O. The predicted molar refractivity (Wildman–Crippen MR) is 71.1 cm³/mol. The molecule has 0 fully saturated rings. The average molecular weight is 265 g/mol. The summed E-state index contributed by atoms with van der Waals surface area (Å²) in [7, 11) is 0. The number of carboxylic acids is 1. The quantitative estimate of drug-likeness (QED) is 0.742. The Morgan fingerprint density at radius 1 is 1.53 bits per heavy atom. The number of hydrogen-bond acceptors (Lipinski definition) is 3. The third kappa shape index (κ3) is 3.98. The molecule has 1 aromatic heterocycles. The van der Waals surface area contributed by atoms with E-state index < -0.39 is 17.9 Å². The van der Waals surface area contributed by atoms with Crippen molar-refractivity contribution in [3.05, 3.63) is 36.3 Å². The van der Waals surface area contributed by atoms with Gasteiger partial charge in [0.2, 0.25) is 0 Å². The van der Waals surface area contributed by atoms with E-state index in [1.165, 1.54) is 6.26 Å². The van der Waals surface area contributed by atoms with Gasteiger partial charge in [0, 0.05) is 5.56 Å². The number of rotatable bonds is 7. The summed E-state index contributed by atoms with van der Waals surface area (Å²) in [5.74, 6) is -1.24. The van der Waals surface area contributed by atoms with Crippen molar-refractivity contribution >= 4 is 11.9 Å². The van der Waals surface area contributed by atoms with E-state index in [2.05, 4.69) is 11.9 Å². The first-order valence-electron chi connectivity index (χ1n) is 6.19. The molecular formula is C14H19NO4. The van der Waals surface area contributed by atoms with Gasteiger partial charge in [-0.3, -0.25) is 4.79 Å². The van der Waals surface area contributed by atoms with Crippen molar-refractivity contribution in [2.24, 2.45) is 0 Å². The lowest BCUT2D eigenvalue weighted by Crippen LogP contribution is -2.40. The second kappa shape index (κ2) is 6.78. The minimum atomic E-state index is -1.06. The maximum absolute atomic E-state index is 12.0. The Hall–Kier alpha value is -2.04. The number of allylic oxidation sites excluding steroid dienone is 1. The first-order valence-corrected chi connectivity index (χ1v) is 6.19. The molecule has 0 bridgehead atoms. The van der Waals surface area contributed by atoms with Crippen LogP contribution in [0, 0.1) is 0 Å². The molecule has 1 rings (SSSR count). The maximum atomic E-state index is 12.0. The van der Waals surface area contributed by atoms with Crippen molar-refractivity contribution in [2.75, 3.05) is 0 Å². The van der Waals surface area contributed by atoms with Gasteiger partial charge in [0.1, 0.15) is 6.04 Å². The van der Waals surface area contributed by atoms with Crippen LogP contribution >= 0.6 is 0 Å². The highest BCUT2D eigenvalue weighted by molar-refractivity contribution is 5.95. The standard InChI is InChI=1S/C14H19NO4/c1-4-5-6-11(14(17)18)15-13(16)12-10(9(2)3)7-8-19-12/h4,7-9,11H,1,5-6H2,2-3H3,(H,15,16)(H,17,18). The van der Waals surface area contributed by atoms with Crippen LogP contribution in [-0.2, 0) is 4.79 Å². The van der Waals surface area contributed by atoms with Crippen LogP contribution in [0.5, 0.6) is 0 Å². The van der Waals surface area contributed by atoms with Crippen molar-refractivity contribution < 1.29 is 19.1 Å². The van der Waals surface area contributed by atoms with Gasteiger partial charge in [-0.15, -0.1) is 6.58 Å². The normalized spacial score (nSPS) is 12.2. The van der Waals surface area contributed by atoms with Crippen LogP contribution < -0.4 is 5.32 Å². The summed E-state index contributed by atoms with van der Waals surface area (Å²) in [5, 5.41) is 11.5. The molecule has 0 saturated carbocycles. The molecule has 5 heteroatoms. The molecule has 2 N–H and O–H groups in total. The highest BCUT2D eigenvalue weighted by Gasteiger charge is 2.24. The molecule has 1 unspecified atom stereocenters. The van der Waals surface area contributed by atoms with Crippen LogP contribution in [-0.4, -0.2) is 23.0 Å². The number of aliphatic carboxylic acids is 1. The van der Waals surface area contributed by atoms with Gasteiger partial charge in [-0.2, -0.15) is 0 Å². The van der Waals surface area contributed by atoms with Gasteiger partial charge in [0.15, 0.2) is 5.76 Å². The molecule has 1 aromatic rings. The summed E-state index contributed by atoms with van der Waals surface area (Å²) < 4.78 is 5.15. The highest BCUT2D eigenvalue weighted by atomic mass is 16.4. The summed E-state index contributed by atoms with van der Waals surface area (Å²) in [4.78, 5) is 23.1. The molecule has 0 aromatic carbocycles. The lowest BCUT2D eigenvalue weighted by molar-refractivity contribution is -0.139. The molecule has 104 valence electrons.